The average Bonchev–Trinajstić information content (AvgIpc) is 3.04. The van der Waals surface area contributed by atoms with Crippen molar-refractivity contribution in [3.05, 3.63) is 75.1 Å². The van der Waals surface area contributed by atoms with Crippen LogP contribution >= 0.6 is 137 Å². The van der Waals surface area contributed by atoms with E-state index in [0.29, 0.717) is 68.3 Å². The molecule has 0 fully saturated rings. The molecule has 0 aliphatic carbocycles. The molecular weight excluding hydrogens is 1180 g/mol. The molecule has 0 spiro atoms. The lowest BCUT2D eigenvalue weighted by molar-refractivity contribution is -0.255. The van der Waals surface area contributed by atoms with Gasteiger partial charge in [0.2, 0.25) is 0 Å². The van der Waals surface area contributed by atoms with Crippen LogP contribution in [0, 0.1) is 7.14 Å². The molecule has 9 nitrogen and oxygen atoms in total. The molecule has 262 valence electrons. The Labute approximate surface area is 353 Å². The molecule has 0 aromatic heterocycles. The Morgan fingerprint density at radius 1 is 1.04 bits per heavy atom. The Bertz CT molecular complexity index is 1650. The van der Waals surface area contributed by atoms with E-state index in [-0.39, 0.29) is 47.2 Å². The summed E-state index contributed by atoms with van der Waals surface area (Å²) in [5.74, 6) is -0.655. The van der Waals surface area contributed by atoms with Crippen LogP contribution in [0.2, 0.25) is 26.1 Å². The molecule has 2 aromatic carbocycles. The Morgan fingerprint density at radius 3 is 2.15 bits per heavy atom. The molecule has 1 aliphatic rings. The maximum atomic E-state index is 12.5. The monoisotopic (exact) mass is 1210 g/mol. The van der Waals surface area contributed by atoms with Crippen molar-refractivity contribution < 1.29 is 42.6 Å². The molecule has 0 amide bonds. The van der Waals surface area contributed by atoms with Crippen molar-refractivity contribution >= 4 is 163 Å². The first-order valence-corrected chi connectivity index (χ1v) is 22.0. The van der Waals surface area contributed by atoms with Gasteiger partial charge in [-0.05, 0) is 130 Å². The van der Waals surface area contributed by atoms with E-state index in [4.69, 9.17) is 69.2 Å². The molecule has 3 rings (SSSR count). The van der Waals surface area contributed by atoms with Gasteiger partial charge in [-0.1, -0.05) is 46.4 Å². The number of allylic oxidation sites excluding steroid dienone is 2. The van der Waals surface area contributed by atoms with E-state index in [1.165, 1.54) is 6.08 Å². The Hall–Kier alpha value is 0.537. The second-order valence-corrected chi connectivity index (χ2v) is 18.0. The van der Waals surface area contributed by atoms with Crippen molar-refractivity contribution in [3.8, 4) is 11.5 Å². The van der Waals surface area contributed by atoms with Gasteiger partial charge in [-0.15, -0.1) is 0 Å². The molecule has 1 N–H and O–H groups in total. The molecule has 0 saturated heterocycles. The molecule has 2 aromatic rings. The number of aldehydes is 1. The van der Waals surface area contributed by atoms with Gasteiger partial charge in [0.1, 0.15) is 18.1 Å². The second-order valence-electron chi connectivity index (χ2n) is 9.67. The SMILES string of the molecule is CCO[Si](CCC(O)COc1c(I)cc2c(c1I)O/C(=C\I)C(/C=C(/I)C=O)=C2c1c(Cl)c(Cl)c(Cl)c(Cl)c1C(=O)[O-])(OCC)OCC. The third-order valence-corrected chi connectivity index (χ3v) is 14.5. The smallest absolute Gasteiger partial charge is 0.501 e. The largest absolute Gasteiger partial charge is 0.545 e. The van der Waals surface area contributed by atoms with Crippen LogP contribution in [0.15, 0.2) is 31.1 Å². The van der Waals surface area contributed by atoms with E-state index in [2.05, 4.69) is 45.2 Å². The fourth-order valence-electron chi connectivity index (χ4n) is 4.77. The molecule has 18 heteroatoms. The van der Waals surface area contributed by atoms with E-state index in [9.17, 15) is 19.8 Å². The summed E-state index contributed by atoms with van der Waals surface area (Å²) in [7, 11) is -2.97. The molecule has 1 atom stereocenters. The zero-order chi connectivity index (χ0) is 35.9. The number of halogens is 8. The number of aromatic carboxylic acids is 1. The quantitative estimate of drug-likeness (QED) is 0.0438. The van der Waals surface area contributed by atoms with Crippen LogP contribution in [0.1, 0.15) is 48.7 Å². The van der Waals surface area contributed by atoms with Crippen molar-refractivity contribution in [2.75, 3.05) is 26.4 Å². The fraction of sp³-hybridized carbons (Fsp3) is 0.333. The zero-order valence-corrected chi connectivity index (χ0v) is 38.0. The van der Waals surface area contributed by atoms with Gasteiger partial charge in [0.25, 0.3) is 0 Å². The van der Waals surface area contributed by atoms with Gasteiger partial charge < -0.3 is 37.8 Å². The molecule has 1 unspecified atom stereocenters. The highest BCUT2D eigenvalue weighted by Crippen LogP contribution is 2.53. The maximum absolute atomic E-state index is 12.5. The van der Waals surface area contributed by atoms with E-state index in [1.807, 2.05) is 66.0 Å². The van der Waals surface area contributed by atoms with E-state index in [0.717, 1.165) is 0 Å². The number of benzene rings is 2. The number of carbonyl (C=O) groups excluding carboxylic acids is 2. The first-order chi connectivity index (χ1) is 22.7. The first-order valence-electron chi connectivity index (χ1n) is 14.1. The lowest BCUT2D eigenvalue weighted by Gasteiger charge is -2.30. The van der Waals surface area contributed by atoms with Gasteiger partial charge in [0.15, 0.2) is 12.0 Å². The van der Waals surface area contributed by atoms with Crippen LogP contribution in [0.5, 0.6) is 11.5 Å². The lowest BCUT2D eigenvalue weighted by atomic mass is 9.86. The maximum Gasteiger partial charge on any atom is 0.501 e. The van der Waals surface area contributed by atoms with Gasteiger partial charge >= 0.3 is 8.80 Å². The number of hydrogen-bond acceptors (Lipinski definition) is 9. The Kier molecular flexibility index (Phi) is 17.5. The van der Waals surface area contributed by atoms with E-state index >= 15 is 0 Å². The van der Waals surface area contributed by atoms with Crippen molar-refractivity contribution in [1.82, 2.24) is 0 Å². The molecule has 48 heavy (non-hydrogen) atoms. The molecule has 1 heterocycles. The summed E-state index contributed by atoms with van der Waals surface area (Å²) in [5, 5.41) is 22.5. The molecule has 1 aliphatic heterocycles. The van der Waals surface area contributed by atoms with Crippen LogP contribution in [0.4, 0.5) is 0 Å². The van der Waals surface area contributed by atoms with Crippen molar-refractivity contribution in [2.45, 2.75) is 39.3 Å². The van der Waals surface area contributed by atoms with Gasteiger partial charge in [0.05, 0.1) is 42.9 Å². The Balaban J connectivity index is 2.18. The van der Waals surface area contributed by atoms with Gasteiger partial charge in [-0.3, -0.25) is 4.79 Å². The van der Waals surface area contributed by atoms with Crippen molar-refractivity contribution in [3.63, 3.8) is 0 Å². The summed E-state index contributed by atoms with van der Waals surface area (Å²) in [6.07, 6.45) is 1.59. The normalized spacial score (nSPS) is 15.0. The number of fused-ring (bicyclic) bond motifs is 1. The third-order valence-electron chi connectivity index (χ3n) is 6.66. The average molecular weight is 1210 g/mol. The summed E-state index contributed by atoms with van der Waals surface area (Å²) >= 11 is 33.8. The van der Waals surface area contributed by atoms with Crippen molar-refractivity contribution in [2.24, 2.45) is 0 Å². The summed E-state index contributed by atoms with van der Waals surface area (Å²) in [5.41, 5.74) is 0.427. The highest BCUT2D eigenvalue weighted by atomic mass is 127. The standard InChI is InChI=1S/C30H28Cl4I4O9Si/c1-4-44-48(45-5-2,46-6-3)8-7-15(40)13-43-29-18(37)10-17-20(21-22(30(41)42)24(32)26(34)25(33)23(21)31)16(9-14(36)12-39)19(11-35)47-28(17)27(29)38/h9-12,15,40H,4-8,13H2,1-3H3,(H,41,42)/p-1/b14-9+,19-11-. The number of aliphatic hydroxyl groups is 1. The topological polar surface area (TPSA) is 124 Å². The summed E-state index contributed by atoms with van der Waals surface area (Å²) in [4.78, 5) is 24.3. The second kappa shape index (κ2) is 19.6. The van der Waals surface area contributed by atoms with Crippen LogP contribution < -0.4 is 14.6 Å². The number of carboxylic acids is 1. The highest BCUT2D eigenvalue weighted by Gasteiger charge is 2.41. The van der Waals surface area contributed by atoms with E-state index in [1.54, 1.807) is 10.1 Å². The number of rotatable bonds is 16. The number of aliphatic hydroxyl groups excluding tert-OH is 1. The number of ether oxygens (including phenoxy) is 2. The predicted molar refractivity (Wildman–Crippen MR) is 221 cm³/mol. The summed E-state index contributed by atoms with van der Waals surface area (Å²) in [6.45, 7) is 6.80. The number of carboxylic acid groups (broad SMARTS) is 1. The Morgan fingerprint density at radius 2 is 1.62 bits per heavy atom. The third kappa shape index (κ3) is 9.74. The van der Waals surface area contributed by atoms with Gasteiger partial charge in [-0.2, -0.15) is 0 Å². The molecule has 0 bridgehead atoms. The number of carbonyl (C=O) groups is 2. The molecular formula is C30H27Cl4I4O9Si-. The molecule has 0 radical (unpaired) electrons. The minimum Gasteiger partial charge on any atom is -0.545 e. The van der Waals surface area contributed by atoms with Gasteiger partial charge in [0, 0.05) is 57.8 Å². The molecule has 0 saturated carbocycles. The van der Waals surface area contributed by atoms with Crippen LogP contribution in [0.3, 0.4) is 0 Å². The first kappa shape index (κ1) is 42.9. The van der Waals surface area contributed by atoms with Gasteiger partial charge in [-0.25, -0.2) is 0 Å². The number of hydrogen-bond donors (Lipinski definition) is 1. The van der Waals surface area contributed by atoms with E-state index < -0.39 is 26.4 Å². The highest BCUT2D eigenvalue weighted by molar-refractivity contribution is 14.1. The summed E-state index contributed by atoms with van der Waals surface area (Å²) in [6, 6.07) is 2.11. The van der Waals surface area contributed by atoms with Crippen LogP contribution in [-0.4, -0.2) is 58.7 Å². The van der Waals surface area contributed by atoms with Crippen LogP contribution in [-0.2, 0) is 18.1 Å². The zero-order valence-electron chi connectivity index (χ0n) is 25.4. The lowest BCUT2D eigenvalue weighted by Crippen LogP contribution is -2.46. The fourth-order valence-corrected chi connectivity index (χ4v) is 11.4. The summed E-state index contributed by atoms with van der Waals surface area (Å²) < 4.78 is 33.2. The minimum atomic E-state index is -2.97. The van der Waals surface area contributed by atoms with Crippen LogP contribution in [0.25, 0.3) is 5.57 Å². The minimum absolute atomic E-state index is 0.0636. The predicted octanol–water partition coefficient (Wildman–Crippen LogP) is 9.04. The van der Waals surface area contributed by atoms with Crippen molar-refractivity contribution in [1.29, 1.82) is 0 Å².